The van der Waals surface area contributed by atoms with Gasteiger partial charge in [0.05, 0.1) is 6.20 Å². The Balaban J connectivity index is 2.18. The van der Waals surface area contributed by atoms with Gasteiger partial charge in [-0.3, -0.25) is 0 Å². The van der Waals surface area contributed by atoms with E-state index in [1.54, 1.807) is 0 Å². The molecule has 0 fully saturated rings. The van der Waals surface area contributed by atoms with Crippen LogP contribution in [-0.4, -0.2) is 20.6 Å². The van der Waals surface area contributed by atoms with Gasteiger partial charge in [-0.2, -0.15) is 9.61 Å². The van der Waals surface area contributed by atoms with Gasteiger partial charge in [0.1, 0.15) is 5.82 Å². The molecule has 0 unspecified atom stereocenters. The molecule has 3 aromatic rings. The van der Waals surface area contributed by atoms with Crippen LogP contribution in [0, 0.1) is 0 Å². The molecule has 0 spiro atoms. The van der Waals surface area contributed by atoms with Gasteiger partial charge in [0.25, 0.3) is 0 Å². The molecule has 1 N–H and O–H groups in total. The fraction of sp³-hybridized carbons (Fsp3) is 0.368. The van der Waals surface area contributed by atoms with Crippen molar-refractivity contribution in [3.63, 3.8) is 0 Å². The van der Waals surface area contributed by atoms with E-state index in [1.807, 2.05) is 28.9 Å². The first kappa shape index (κ1) is 15.5. The van der Waals surface area contributed by atoms with Crippen molar-refractivity contribution >= 4 is 11.5 Å². The van der Waals surface area contributed by atoms with E-state index in [-0.39, 0.29) is 0 Å². The molecule has 0 amide bonds. The van der Waals surface area contributed by atoms with Gasteiger partial charge in [0, 0.05) is 23.4 Å². The predicted octanol–water partition coefficient (Wildman–Crippen LogP) is 4.73. The van der Waals surface area contributed by atoms with Crippen molar-refractivity contribution in [1.29, 1.82) is 0 Å². The molecule has 23 heavy (non-hydrogen) atoms. The third kappa shape index (κ3) is 3.07. The highest BCUT2D eigenvalue weighted by atomic mass is 15.3. The maximum Gasteiger partial charge on any atom is 0.165 e. The highest BCUT2D eigenvalue weighted by Gasteiger charge is 2.15. The van der Waals surface area contributed by atoms with Crippen LogP contribution in [0.5, 0.6) is 0 Å². The second kappa shape index (κ2) is 6.41. The first-order valence-corrected chi connectivity index (χ1v) is 8.30. The van der Waals surface area contributed by atoms with E-state index < -0.39 is 0 Å². The molecular formula is C19H24N4. The zero-order valence-electron chi connectivity index (χ0n) is 14.2. The normalized spacial score (nSPS) is 12.7. The summed E-state index contributed by atoms with van der Waals surface area (Å²) in [6, 6.07) is 12.8. The van der Waals surface area contributed by atoms with Gasteiger partial charge < -0.3 is 5.32 Å². The van der Waals surface area contributed by atoms with E-state index in [1.165, 1.54) is 0 Å². The van der Waals surface area contributed by atoms with Crippen LogP contribution in [-0.2, 0) is 0 Å². The Bertz CT molecular complexity index is 790. The number of rotatable bonds is 5. The Kier molecular flexibility index (Phi) is 4.33. The summed E-state index contributed by atoms with van der Waals surface area (Å²) in [5, 5.41) is 8.13. The first-order valence-electron chi connectivity index (χ1n) is 8.30. The predicted molar refractivity (Wildman–Crippen MR) is 95.9 cm³/mol. The quantitative estimate of drug-likeness (QED) is 0.741. The smallest absolute Gasteiger partial charge is 0.165 e. The first-order chi connectivity index (χ1) is 11.1. The summed E-state index contributed by atoms with van der Waals surface area (Å²) >= 11 is 0. The summed E-state index contributed by atoms with van der Waals surface area (Å²) in [6.45, 7) is 8.70. The van der Waals surface area contributed by atoms with Gasteiger partial charge in [-0.15, -0.1) is 0 Å². The minimum absolute atomic E-state index is 0.371. The van der Waals surface area contributed by atoms with Gasteiger partial charge in [-0.05, 0) is 24.8 Å². The van der Waals surface area contributed by atoms with Crippen LogP contribution in [0.4, 0.5) is 5.82 Å². The maximum atomic E-state index is 4.87. The highest BCUT2D eigenvalue weighted by molar-refractivity contribution is 5.78. The van der Waals surface area contributed by atoms with Crippen molar-refractivity contribution in [2.24, 2.45) is 0 Å². The van der Waals surface area contributed by atoms with E-state index in [4.69, 9.17) is 4.98 Å². The minimum atomic E-state index is 0.371. The van der Waals surface area contributed by atoms with E-state index in [0.29, 0.717) is 12.0 Å². The molecule has 1 atom stereocenters. The molecule has 120 valence electrons. The third-order valence-electron chi connectivity index (χ3n) is 4.17. The van der Waals surface area contributed by atoms with Crippen molar-refractivity contribution in [3.05, 3.63) is 48.3 Å². The van der Waals surface area contributed by atoms with Gasteiger partial charge >= 0.3 is 0 Å². The summed E-state index contributed by atoms with van der Waals surface area (Å²) in [5.74, 6) is 1.38. The number of nitrogens with one attached hydrogen (secondary N) is 1. The lowest BCUT2D eigenvalue weighted by Crippen LogP contribution is -2.17. The van der Waals surface area contributed by atoms with E-state index >= 15 is 0 Å². The topological polar surface area (TPSA) is 42.2 Å². The molecule has 0 aliphatic rings. The van der Waals surface area contributed by atoms with Crippen LogP contribution in [0.1, 0.15) is 45.7 Å². The standard InChI is InChI=1S/C19H24N4/c1-5-14(4)21-18-11-17(13(2)3)22-19-16(12-20-23(18)19)15-9-7-6-8-10-15/h6-14,21H,5H2,1-4H3/t14-/m0/s1. The number of anilines is 1. The summed E-state index contributed by atoms with van der Waals surface area (Å²) in [7, 11) is 0. The average molecular weight is 308 g/mol. The van der Waals surface area contributed by atoms with Crippen molar-refractivity contribution in [2.75, 3.05) is 5.32 Å². The molecule has 0 bridgehead atoms. The monoisotopic (exact) mass is 308 g/mol. The highest BCUT2D eigenvalue weighted by Crippen LogP contribution is 2.27. The van der Waals surface area contributed by atoms with Crippen LogP contribution in [0.15, 0.2) is 42.6 Å². The lowest BCUT2D eigenvalue weighted by Gasteiger charge is -2.16. The molecule has 0 aliphatic carbocycles. The fourth-order valence-corrected chi connectivity index (χ4v) is 2.56. The number of fused-ring (bicyclic) bond motifs is 1. The second-order valence-electron chi connectivity index (χ2n) is 6.33. The summed E-state index contributed by atoms with van der Waals surface area (Å²) in [4.78, 5) is 4.87. The Morgan fingerprint density at radius 1 is 1.13 bits per heavy atom. The average Bonchev–Trinajstić information content (AvgIpc) is 2.99. The Morgan fingerprint density at radius 2 is 1.87 bits per heavy atom. The van der Waals surface area contributed by atoms with Gasteiger partial charge in [-0.25, -0.2) is 4.98 Å². The van der Waals surface area contributed by atoms with Crippen LogP contribution in [0.2, 0.25) is 0 Å². The summed E-state index contributed by atoms with van der Waals surface area (Å²) in [5.41, 5.74) is 4.21. The molecule has 4 heteroatoms. The van der Waals surface area contributed by atoms with Gasteiger partial charge in [0.15, 0.2) is 5.65 Å². The largest absolute Gasteiger partial charge is 0.367 e. The zero-order chi connectivity index (χ0) is 16.4. The molecule has 0 radical (unpaired) electrons. The van der Waals surface area contributed by atoms with Crippen LogP contribution in [0.25, 0.3) is 16.8 Å². The number of hydrogen-bond donors (Lipinski definition) is 1. The molecule has 0 saturated heterocycles. The molecule has 1 aromatic carbocycles. The summed E-state index contributed by atoms with van der Waals surface area (Å²) < 4.78 is 1.92. The van der Waals surface area contributed by atoms with Crippen LogP contribution >= 0.6 is 0 Å². The number of nitrogens with zero attached hydrogens (tertiary/aromatic N) is 3. The second-order valence-corrected chi connectivity index (χ2v) is 6.33. The third-order valence-corrected chi connectivity index (χ3v) is 4.17. The van der Waals surface area contributed by atoms with Crippen LogP contribution in [0.3, 0.4) is 0 Å². The fourth-order valence-electron chi connectivity index (χ4n) is 2.56. The number of aromatic nitrogens is 3. The number of hydrogen-bond acceptors (Lipinski definition) is 3. The molecular weight excluding hydrogens is 284 g/mol. The molecule has 0 saturated carbocycles. The van der Waals surface area contributed by atoms with Crippen LogP contribution < -0.4 is 5.32 Å². The maximum absolute atomic E-state index is 4.87. The minimum Gasteiger partial charge on any atom is -0.367 e. The van der Waals surface area contributed by atoms with E-state index in [0.717, 1.165) is 34.7 Å². The van der Waals surface area contributed by atoms with E-state index in [2.05, 4.69) is 56.3 Å². The van der Waals surface area contributed by atoms with Crippen molar-refractivity contribution in [2.45, 2.75) is 46.1 Å². The molecule has 2 aromatic heterocycles. The Morgan fingerprint density at radius 3 is 2.52 bits per heavy atom. The van der Waals surface area contributed by atoms with E-state index in [9.17, 15) is 0 Å². The zero-order valence-corrected chi connectivity index (χ0v) is 14.2. The van der Waals surface area contributed by atoms with Gasteiger partial charge in [-0.1, -0.05) is 51.1 Å². The molecule has 3 rings (SSSR count). The van der Waals surface area contributed by atoms with Crippen molar-refractivity contribution in [3.8, 4) is 11.1 Å². The molecule has 0 aliphatic heterocycles. The summed E-state index contributed by atoms with van der Waals surface area (Å²) in [6.07, 6.45) is 2.97. The Hall–Kier alpha value is -2.36. The SMILES string of the molecule is CC[C@H](C)Nc1cc(C(C)C)nc2c(-c3ccccc3)cnn12. The Labute approximate surface area is 137 Å². The lowest BCUT2D eigenvalue weighted by atomic mass is 10.1. The number of benzene rings is 1. The van der Waals surface area contributed by atoms with Crippen molar-refractivity contribution < 1.29 is 0 Å². The van der Waals surface area contributed by atoms with Gasteiger partial charge in [0.2, 0.25) is 0 Å². The molecule has 2 heterocycles. The lowest BCUT2D eigenvalue weighted by molar-refractivity contribution is 0.742. The van der Waals surface area contributed by atoms with Crippen molar-refractivity contribution in [1.82, 2.24) is 14.6 Å². The molecule has 4 nitrogen and oxygen atoms in total.